The highest BCUT2D eigenvalue weighted by atomic mass is 16.7. The van der Waals surface area contributed by atoms with Crippen LogP contribution in [-0.4, -0.2) is 31.9 Å². The number of benzene rings is 2. The van der Waals surface area contributed by atoms with Crippen molar-refractivity contribution in [1.82, 2.24) is 9.13 Å². The normalized spacial score (nSPS) is 13.5. The highest BCUT2D eigenvalue weighted by Crippen LogP contribution is 2.46. The summed E-state index contributed by atoms with van der Waals surface area (Å²) in [4.78, 5) is 27.4. The minimum atomic E-state index is -0.314. The molecule has 2 aliphatic rings. The van der Waals surface area contributed by atoms with E-state index in [4.69, 9.17) is 9.47 Å². The summed E-state index contributed by atoms with van der Waals surface area (Å²) in [7, 11) is 0. The number of nitrogens with zero attached hydrogens (tertiary/aromatic N) is 2. The predicted octanol–water partition coefficient (Wildman–Crippen LogP) is 2.82. The Morgan fingerprint density at radius 3 is 2.15 bits per heavy atom. The molecule has 0 amide bonds. The van der Waals surface area contributed by atoms with Gasteiger partial charge in [0.25, 0.3) is 5.56 Å². The van der Waals surface area contributed by atoms with Crippen molar-refractivity contribution in [2.24, 2.45) is 0 Å². The number of carbonyl (C=O) groups is 1. The van der Waals surface area contributed by atoms with Crippen LogP contribution in [0.2, 0.25) is 0 Å². The summed E-state index contributed by atoms with van der Waals surface area (Å²) >= 11 is 0. The number of hydrogen-bond donors (Lipinski definition) is 2. The van der Waals surface area contributed by atoms with Gasteiger partial charge in [0.2, 0.25) is 6.79 Å². The summed E-state index contributed by atoms with van der Waals surface area (Å²) < 4.78 is 14.7. The van der Waals surface area contributed by atoms with Crippen molar-refractivity contribution in [1.29, 1.82) is 0 Å². The van der Waals surface area contributed by atoms with E-state index in [1.54, 1.807) is 28.8 Å². The molecule has 2 aromatic carbocycles. The molecule has 0 spiro atoms. The number of aliphatic hydroxyl groups is 2. The highest BCUT2D eigenvalue weighted by Gasteiger charge is 2.35. The molecule has 6 rings (SSSR count). The van der Waals surface area contributed by atoms with Gasteiger partial charge in [-0.1, -0.05) is 0 Å². The number of aromatic nitrogens is 2. The molecule has 8 heteroatoms. The zero-order valence-corrected chi connectivity index (χ0v) is 18.3. The van der Waals surface area contributed by atoms with E-state index in [-0.39, 0.29) is 31.3 Å². The third-order valence-electron chi connectivity index (χ3n) is 6.64. The van der Waals surface area contributed by atoms with Crippen LogP contribution < -0.4 is 15.0 Å². The van der Waals surface area contributed by atoms with Crippen LogP contribution in [-0.2, 0) is 26.3 Å². The summed E-state index contributed by atoms with van der Waals surface area (Å²) in [6.07, 6.45) is 4.62. The summed E-state index contributed by atoms with van der Waals surface area (Å²) in [5, 5.41) is 20.4. The molecule has 4 aromatic rings. The van der Waals surface area contributed by atoms with Crippen LogP contribution in [0.1, 0.15) is 33.5 Å². The molecular weight excluding hydrogens is 436 g/mol. The SMILES string of the molecule is O=C1c2cc3c(cc2-c2c1c1cc(CO)c(CO)cc1c(=O)n2CCCn1cccc1)OCO3. The number of carbonyl (C=O) groups excluding carboxylic acids is 1. The van der Waals surface area contributed by atoms with Crippen molar-refractivity contribution in [2.75, 3.05) is 6.79 Å². The lowest BCUT2D eigenvalue weighted by atomic mass is 9.97. The van der Waals surface area contributed by atoms with Crippen LogP contribution >= 0.6 is 0 Å². The first-order valence-electron chi connectivity index (χ1n) is 11.1. The van der Waals surface area contributed by atoms with E-state index in [0.717, 1.165) is 6.54 Å². The number of rotatable bonds is 6. The van der Waals surface area contributed by atoms with Gasteiger partial charge in [0.1, 0.15) is 0 Å². The van der Waals surface area contributed by atoms with Crippen LogP contribution in [0.3, 0.4) is 0 Å². The summed E-state index contributed by atoms with van der Waals surface area (Å²) in [5.74, 6) is 0.843. The number of aliphatic hydroxyl groups excluding tert-OH is 2. The number of aryl methyl sites for hydroxylation is 1. The fourth-order valence-corrected chi connectivity index (χ4v) is 4.99. The molecule has 2 aromatic heterocycles. The maximum atomic E-state index is 13.7. The molecule has 0 bridgehead atoms. The van der Waals surface area contributed by atoms with Crippen molar-refractivity contribution in [2.45, 2.75) is 32.7 Å². The Labute approximate surface area is 194 Å². The lowest BCUT2D eigenvalue weighted by molar-refractivity contribution is 0.104. The lowest BCUT2D eigenvalue weighted by Gasteiger charge is -2.17. The van der Waals surface area contributed by atoms with Crippen LogP contribution in [0.25, 0.3) is 22.0 Å². The second-order valence-corrected chi connectivity index (χ2v) is 8.52. The van der Waals surface area contributed by atoms with Gasteiger partial charge in [0.05, 0.1) is 24.5 Å². The summed E-state index contributed by atoms with van der Waals surface area (Å²) in [5.41, 5.74) is 2.80. The molecule has 1 aliphatic carbocycles. The zero-order chi connectivity index (χ0) is 23.4. The van der Waals surface area contributed by atoms with Crippen LogP contribution in [0.15, 0.2) is 53.6 Å². The molecule has 1 aliphatic heterocycles. The first kappa shape index (κ1) is 20.7. The molecule has 0 saturated heterocycles. The molecule has 8 nitrogen and oxygen atoms in total. The molecule has 172 valence electrons. The first-order valence-corrected chi connectivity index (χ1v) is 11.1. The smallest absolute Gasteiger partial charge is 0.258 e. The van der Waals surface area contributed by atoms with E-state index < -0.39 is 0 Å². The van der Waals surface area contributed by atoms with E-state index in [2.05, 4.69) is 0 Å². The molecule has 0 atom stereocenters. The van der Waals surface area contributed by atoms with Gasteiger partial charge < -0.3 is 28.8 Å². The Balaban J connectivity index is 1.59. The number of fused-ring (bicyclic) bond motifs is 6. The molecule has 0 unspecified atom stereocenters. The Bertz CT molecular complexity index is 1520. The molecule has 0 saturated carbocycles. The third kappa shape index (κ3) is 2.99. The number of pyridine rings is 1. The molecule has 2 N–H and O–H groups in total. The van der Waals surface area contributed by atoms with Crippen molar-refractivity contribution in [3.05, 3.63) is 81.4 Å². The van der Waals surface area contributed by atoms with Gasteiger partial charge in [0, 0.05) is 47.4 Å². The van der Waals surface area contributed by atoms with Crippen LogP contribution in [0.5, 0.6) is 11.5 Å². The Morgan fingerprint density at radius 2 is 1.47 bits per heavy atom. The maximum Gasteiger partial charge on any atom is 0.258 e. The van der Waals surface area contributed by atoms with Crippen molar-refractivity contribution < 1.29 is 24.5 Å². The van der Waals surface area contributed by atoms with Gasteiger partial charge in [-0.3, -0.25) is 9.59 Å². The van der Waals surface area contributed by atoms with Crippen molar-refractivity contribution in [3.63, 3.8) is 0 Å². The van der Waals surface area contributed by atoms with E-state index in [1.807, 2.05) is 29.1 Å². The second-order valence-electron chi connectivity index (χ2n) is 8.52. The minimum absolute atomic E-state index is 0.0878. The quantitative estimate of drug-likeness (QED) is 0.406. The average molecular weight is 458 g/mol. The number of ketones is 1. The largest absolute Gasteiger partial charge is 0.454 e. The van der Waals surface area contributed by atoms with E-state index in [1.165, 1.54) is 0 Å². The average Bonchev–Trinajstić information content (AvgIpc) is 3.59. The van der Waals surface area contributed by atoms with Crippen LogP contribution in [0, 0.1) is 0 Å². The Morgan fingerprint density at radius 1 is 0.824 bits per heavy atom. The van der Waals surface area contributed by atoms with Crippen LogP contribution in [0.4, 0.5) is 0 Å². The highest BCUT2D eigenvalue weighted by molar-refractivity contribution is 6.27. The van der Waals surface area contributed by atoms with E-state index in [9.17, 15) is 19.8 Å². The van der Waals surface area contributed by atoms with Gasteiger partial charge in [0.15, 0.2) is 17.3 Å². The minimum Gasteiger partial charge on any atom is -0.454 e. The Hall–Kier alpha value is -3.88. The fourth-order valence-electron chi connectivity index (χ4n) is 4.99. The van der Waals surface area contributed by atoms with Gasteiger partial charge in [-0.2, -0.15) is 0 Å². The zero-order valence-electron chi connectivity index (χ0n) is 18.3. The van der Waals surface area contributed by atoms with Gasteiger partial charge >= 0.3 is 0 Å². The topological polar surface area (TPSA) is 103 Å². The first-order chi connectivity index (χ1) is 16.6. The van der Waals surface area contributed by atoms with Crippen molar-refractivity contribution in [3.8, 4) is 22.8 Å². The second kappa shape index (κ2) is 7.86. The number of ether oxygens (including phenoxy) is 2. The lowest BCUT2D eigenvalue weighted by Crippen LogP contribution is -2.24. The standard InChI is InChI=1S/C26H22N2O6/c29-12-15-8-17-20(9-16(15)13-30)26(32)28(7-3-6-27-4-1-2-5-27)24-18-10-21-22(34-14-33-21)11-19(18)25(31)23(17)24/h1-2,4-5,8-11,29-30H,3,6-7,12-14H2. The number of hydrogen-bond acceptors (Lipinski definition) is 6. The maximum absolute atomic E-state index is 13.7. The Kier molecular flexibility index (Phi) is 4.79. The monoisotopic (exact) mass is 458 g/mol. The van der Waals surface area contributed by atoms with E-state index in [0.29, 0.717) is 68.7 Å². The van der Waals surface area contributed by atoms with Gasteiger partial charge in [-0.05, 0) is 53.9 Å². The molecule has 34 heavy (non-hydrogen) atoms. The molecule has 0 fully saturated rings. The fraction of sp³-hybridized carbons (Fsp3) is 0.231. The third-order valence-corrected chi connectivity index (χ3v) is 6.64. The van der Waals surface area contributed by atoms with Gasteiger partial charge in [-0.15, -0.1) is 0 Å². The van der Waals surface area contributed by atoms with E-state index >= 15 is 0 Å². The van der Waals surface area contributed by atoms with Crippen molar-refractivity contribution >= 4 is 16.6 Å². The summed E-state index contributed by atoms with van der Waals surface area (Å²) in [6, 6.07) is 10.6. The predicted molar refractivity (Wildman–Crippen MR) is 124 cm³/mol. The molecular formula is C26H22N2O6. The van der Waals surface area contributed by atoms with Gasteiger partial charge in [-0.25, -0.2) is 0 Å². The molecule has 0 radical (unpaired) electrons. The molecule has 3 heterocycles. The summed E-state index contributed by atoms with van der Waals surface area (Å²) in [6.45, 7) is 0.597.